The molecule has 6 aliphatic heterocycles. The minimum absolute atomic E-state index is 0.0414. The smallest absolute Gasteiger partial charge is 0.151 e. The molecule has 0 aliphatic carbocycles. The van der Waals surface area contributed by atoms with E-state index in [1.54, 1.807) is 0 Å². The highest BCUT2D eigenvalue weighted by molar-refractivity contribution is 5.24. The molecule has 2 N–H and O–H groups in total. The summed E-state index contributed by atoms with van der Waals surface area (Å²) in [6, 6.07) is 0. The second-order valence-electron chi connectivity index (χ2n) is 12.2. The number of rotatable bonds is 5. The van der Waals surface area contributed by atoms with Crippen LogP contribution in [0.1, 0.15) is 64.2 Å². The van der Waals surface area contributed by atoms with Gasteiger partial charge in [0.1, 0.15) is 11.9 Å². The molecule has 0 aromatic carbocycles. The van der Waals surface area contributed by atoms with Crippen LogP contribution in [0.5, 0.6) is 0 Å². The van der Waals surface area contributed by atoms with Crippen LogP contribution in [-0.4, -0.2) is 122 Å². The number of allylic oxidation sites excluding steroid dienone is 2. The summed E-state index contributed by atoms with van der Waals surface area (Å²) in [6.45, 7) is 12.9. The van der Waals surface area contributed by atoms with Gasteiger partial charge in [-0.3, -0.25) is 19.6 Å². The highest BCUT2D eigenvalue weighted by atomic mass is 16.5. The average Bonchev–Trinajstić information content (AvgIpc) is 3.38. The number of nitrogens with one attached hydrogen (secondary N) is 2. The van der Waals surface area contributed by atoms with E-state index in [4.69, 9.17) is 9.47 Å². The van der Waals surface area contributed by atoms with E-state index in [0.717, 1.165) is 85.0 Å². The number of nitrogens with zero attached hydrogens (tertiary/aromatic N) is 4. The second-order valence-corrected chi connectivity index (χ2v) is 12.2. The molecular formula is C30H52N6O2. The zero-order chi connectivity index (χ0) is 25.7. The van der Waals surface area contributed by atoms with Gasteiger partial charge in [0, 0.05) is 72.1 Å². The number of likely N-dealkylation sites (tertiary alicyclic amines) is 2. The van der Waals surface area contributed by atoms with Gasteiger partial charge in [0.05, 0.1) is 6.26 Å². The van der Waals surface area contributed by atoms with Crippen LogP contribution >= 0.6 is 0 Å². The van der Waals surface area contributed by atoms with E-state index in [1.807, 2.05) is 6.26 Å². The van der Waals surface area contributed by atoms with Gasteiger partial charge in [0.25, 0.3) is 0 Å². The van der Waals surface area contributed by atoms with Crippen molar-refractivity contribution in [3.8, 4) is 0 Å². The molecule has 6 rings (SSSR count). The summed E-state index contributed by atoms with van der Waals surface area (Å²) in [5.41, 5.74) is -0.481. The van der Waals surface area contributed by atoms with Crippen molar-refractivity contribution in [3.63, 3.8) is 0 Å². The molecule has 8 heteroatoms. The number of ether oxygens (including phenoxy) is 2. The third-order valence-corrected chi connectivity index (χ3v) is 10.1. The minimum atomic E-state index is -0.325. The van der Waals surface area contributed by atoms with Crippen molar-refractivity contribution in [1.29, 1.82) is 0 Å². The third-order valence-electron chi connectivity index (χ3n) is 10.1. The van der Waals surface area contributed by atoms with E-state index in [-0.39, 0.29) is 23.7 Å². The molecule has 0 spiro atoms. The predicted molar refractivity (Wildman–Crippen MR) is 152 cm³/mol. The summed E-state index contributed by atoms with van der Waals surface area (Å²) in [5, 5.41) is 7.41. The fourth-order valence-corrected chi connectivity index (χ4v) is 8.66. The number of hydrogen-bond donors (Lipinski definition) is 2. The lowest BCUT2D eigenvalue weighted by atomic mass is 9.76. The fraction of sp³-hybridized carbons (Fsp3) is 0.867. The topological polar surface area (TPSA) is 55.5 Å². The molecule has 8 nitrogen and oxygen atoms in total. The molecule has 0 saturated carbocycles. The maximum atomic E-state index is 6.83. The Hall–Kier alpha value is -1.00. The van der Waals surface area contributed by atoms with E-state index in [0.29, 0.717) is 0 Å². The summed E-state index contributed by atoms with van der Waals surface area (Å²) >= 11 is 0. The van der Waals surface area contributed by atoms with Gasteiger partial charge in [-0.25, -0.2) is 0 Å². The maximum absolute atomic E-state index is 6.83. The molecule has 0 aromatic rings. The monoisotopic (exact) mass is 528 g/mol. The lowest BCUT2D eigenvalue weighted by Gasteiger charge is -2.69. The van der Waals surface area contributed by atoms with E-state index in [9.17, 15) is 0 Å². The molecule has 5 fully saturated rings. The molecule has 4 unspecified atom stereocenters. The normalized spacial score (nSPS) is 39.4. The van der Waals surface area contributed by atoms with Crippen molar-refractivity contribution in [2.24, 2.45) is 0 Å². The minimum Gasteiger partial charge on any atom is -0.490 e. The van der Waals surface area contributed by atoms with Crippen molar-refractivity contribution in [2.45, 2.75) is 87.9 Å². The predicted octanol–water partition coefficient (Wildman–Crippen LogP) is 2.55. The van der Waals surface area contributed by atoms with Gasteiger partial charge in [-0.1, -0.05) is 12.5 Å². The molecule has 0 radical (unpaired) electrons. The first-order valence-corrected chi connectivity index (χ1v) is 15.9. The lowest BCUT2D eigenvalue weighted by molar-refractivity contribution is -0.291. The van der Waals surface area contributed by atoms with E-state index in [1.165, 1.54) is 57.8 Å². The standard InChI is InChI=1S/C30H52N6O2/c1-5-18-35(19-6-1)30(27-11-2-8-25-37-27)29(34-23-16-32-17-24-34,33-20-10-14-31-15-22-33)13-4-7-21-36(30)28-12-3-9-26-38-28/h2,8,11,25,27-28,31-32H,1,3-7,9-10,12-24,26H2. The molecule has 6 heterocycles. The van der Waals surface area contributed by atoms with Crippen LogP contribution < -0.4 is 10.6 Å². The summed E-state index contributed by atoms with van der Waals surface area (Å²) in [5.74, 6) is 0. The highest BCUT2D eigenvalue weighted by Crippen LogP contribution is 2.51. The van der Waals surface area contributed by atoms with Gasteiger partial charge < -0.3 is 20.1 Å². The number of piperidine rings is 1. The molecule has 0 amide bonds. The van der Waals surface area contributed by atoms with Crippen LogP contribution in [0.15, 0.2) is 24.5 Å². The van der Waals surface area contributed by atoms with Crippen LogP contribution in [-0.2, 0) is 9.47 Å². The SMILES string of the molecule is C1=COC(C2(N3CCCCC3)N(C3CCCCO3)CCCCC2(N2CCCNCC2)N2CCNCC2)C=C1. The molecule has 4 atom stereocenters. The first kappa shape index (κ1) is 27.2. The molecule has 214 valence electrons. The van der Waals surface area contributed by atoms with Crippen LogP contribution in [0.2, 0.25) is 0 Å². The first-order chi connectivity index (χ1) is 18.9. The van der Waals surface area contributed by atoms with Gasteiger partial charge in [-0.2, -0.15) is 0 Å². The molecule has 0 aromatic heterocycles. The van der Waals surface area contributed by atoms with Crippen LogP contribution in [0, 0.1) is 0 Å². The summed E-state index contributed by atoms with van der Waals surface area (Å²) in [4.78, 5) is 11.6. The number of hydrogen-bond acceptors (Lipinski definition) is 8. The Morgan fingerprint density at radius 3 is 2.13 bits per heavy atom. The lowest BCUT2D eigenvalue weighted by Crippen LogP contribution is -2.87. The Bertz CT molecular complexity index is 799. The summed E-state index contributed by atoms with van der Waals surface area (Å²) < 4.78 is 13.6. The summed E-state index contributed by atoms with van der Waals surface area (Å²) in [6.07, 6.45) is 21.1. The van der Waals surface area contributed by atoms with Crippen molar-refractivity contribution in [2.75, 3.05) is 78.6 Å². The van der Waals surface area contributed by atoms with Crippen LogP contribution in [0.3, 0.4) is 0 Å². The van der Waals surface area contributed by atoms with E-state index < -0.39 is 0 Å². The van der Waals surface area contributed by atoms with Crippen LogP contribution in [0.4, 0.5) is 0 Å². The van der Waals surface area contributed by atoms with Gasteiger partial charge in [-0.05, 0) is 76.5 Å². The molecule has 6 aliphatic rings. The Morgan fingerprint density at radius 1 is 0.658 bits per heavy atom. The zero-order valence-electron chi connectivity index (χ0n) is 23.6. The van der Waals surface area contributed by atoms with Gasteiger partial charge in [0.15, 0.2) is 11.8 Å². The Morgan fingerprint density at radius 2 is 1.39 bits per heavy atom. The molecule has 0 bridgehead atoms. The van der Waals surface area contributed by atoms with Crippen molar-refractivity contribution >= 4 is 0 Å². The molecule has 5 saturated heterocycles. The highest BCUT2D eigenvalue weighted by Gasteiger charge is 2.69. The van der Waals surface area contributed by atoms with Crippen molar-refractivity contribution < 1.29 is 9.47 Å². The Labute approximate surface area is 230 Å². The Balaban J connectivity index is 1.59. The molecular weight excluding hydrogens is 476 g/mol. The summed E-state index contributed by atoms with van der Waals surface area (Å²) in [7, 11) is 0. The average molecular weight is 529 g/mol. The molecule has 38 heavy (non-hydrogen) atoms. The van der Waals surface area contributed by atoms with Crippen molar-refractivity contribution in [1.82, 2.24) is 30.2 Å². The first-order valence-electron chi connectivity index (χ1n) is 15.9. The van der Waals surface area contributed by atoms with Gasteiger partial charge >= 0.3 is 0 Å². The second kappa shape index (κ2) is 12.7. The largest absolute Gasteiger partial charge is 0.490 e. The third kappa shape index (κ3) is 4.89. The van der Waals surface area contributed by atoms with Gasteiger partial charge in [-0.15, -0.1) is 0 Å². The Kier molecular flexibility index (Phi) is 9.06. The quantitative estimate of drug-likeness (QED) is 0.565. The fourth-order valence-electron chi connectivity index (χ4n) is 8.66. The maximum Gasteiger partial charge on any atom is 0.151 e. The van der Waals surface area contributed by atoms with Crippen LogP contribution in [0.25, 0.3) is 0 Å². The number of piperazine rings is 1. The van der Waals surface area contributed by atoms with E-state index >= 15 is 0 Å². The zero-order valence-corrected chi connectivity index (χ0v) is 23.6. The van der Waals surface area contributed by atoms with Crippen molar-refractivity contribution in [3.05, 3.63) is 24.5 Å². The van der Waals surface area contributed by atoms with Gasteiger partial charge in [0.2, 0.25) is 0 Å². The van der Waals surface area contributed by atoms with E-state index in [2.05, 4.69) is 48.5 Å².